The Balaban J connectivity index is 1.20. The van der Waals surface area contributed by atoms with E-state index in [0.29, 0.717) is 46.9 Å². The molecule has 0 spiro atoms. The van der Waals surface area contributed by atoms with E-state index in [-0.39, 0.29) is 37.1 Å². The zero-order valence-electron chi connectivity index (χ0n) is 31.4. The Morgan fingerprint density at radius 3 is 2.33 bits per heavy atom. The molecule has 0 bridgehead atoms. The van der Waals surface area contributed by atoms with Crippen LogP contribution in [-0.4, -0.2) is 83.9 Å². The first-order valence-electron chi connectivity index (χ1n) is 18.4. The van der Waals surface area contributed by atoms with Crippen molar-refractivity contribution in [2.24, 2.45) is 5.92 Å². The number of aryl methyl sites for hydroxylation is 1. The molecule has 3 heterocycles. The maximum Gasteiger partial charge on any atom is 0.410 e. The van der Waals surface area contributed by atoms with Gasteiger partial charge in [0.05, 0.1) is 22.5 Å². The summed E-state index contributed by atoms with van der Waals surface area (Å²) in [5, 5.41) is 3.95. The third kappa shape index (κ3) is 9.83. The molecule has 11 nitrogen and oxygen atoms in total. The van der Waals surface area contributed by atoms with Gasteiger partial charge < -0.3 is 34.2 Å². The van der Waals surface area contributed by atoms with Crippen LogP contribution in [0, 0.1) is 12.8 Å². The molecule has 290 valence electrons. The van der Waals surface area contributed by atoms with Crippen molar-refractivity contribution in [3.8, 4) is 5.75 Å². The van der Waals surface area contributed by atoms with E-state index in [1.54, 1.807) is 17.0 Å². The first kappa shape index (κ1) is 39.8. The second kappa shape index (κ2) is 16.8. The first-order valence-corrected chi connectivity index (χ1v) is 19.6. The van der Waals surface area contributed by atoms with E-state index in [1.165, 1.54) is 7.05 Å². The number of pyridine rings is 1. The van der Waals surface area contributed by atoms with Crippen molar-refractivity contribution < 1.29 is 28.6 Å². The summed E-state index contributed by atoms with van der Waals surface area (Å²) in [5.74, 6) is 0.553. The van der Waals surface area contributed by atoms with Crippen LogP contribution in [0.15, 0.2) is 48.7 Å². The lowest BCUT2D eigenvalue weighted by molar-refractivity contribution is -0.139. The average molecular weight is 801 g/mol. The van der Waals surface area contributed by atoms with Crippen molar-refractivity contribution in [2.45, 2.75) is 90.2 Å². The highest BCUT2D eigenvalue weighted by Crippen LogP contribution is 2.40. The molecule has 6 rings (SSSR count). The number of carbonyl (C=O) groups excluding carboxylic acids is 3. The van der Waals surface area contributed by atoms with Crippen LogP contribution < -0.4 is 15.0 Å². The van der Waals surface area contributed by atoms with Gasteiger partial charge in [0.25, 0.3) is 0 Å². The fourth-order valence-corrected chi connectivity index (χ4v) is 7.99. The van der Waals surface area contributed by atoms with Crippen molar-refractivity contribution in [2.75, 3.05) is 38.1 Å². The van der Waals surface area contributed by atoms with Gasteiger partial charge >= 0.3 is 12.2 Å². The van der Waals surface area contributed by atoms with Crippen molar-refractivity contribution in [1.29, 1.82) is 0 Å². The minimum absolute atomic E-state index is 0.0455. The van der Waals surface area contributed by atoms with Crippen LogP contribution in [0.1, 0.15) is 74.6 Å². The summed E-state index contributed by atoms with van der Waals surface area (Å²) in [4.78, 5) is 50.4. The van der Waals surface area contributed by atoms with Gasteiger partial charge in [-0.05, 0) is 99.5 Å². The minimum atomic E-state index is -0.672. The predicted octanol–water partition coefficient (Wildman–Crippen LogP) is 8.40. The highest BCUT2D eigenvalue weighted by Gasteiger charge is 2.43. The summed E-state index contributed by atoms with van der Waals surface area (Å²) in [6.45, 7) is 9.84. The number of amides is 3. The number of benzene rings is 2. The lowest BCUT2D eigenvalue weighted by Gasteiger charge is -2.40. The second-order valence-electron chi connectivity index (χ2n) is 15.4. The minimum Gasteiger partial charge on any atom is -0.485 e. The number of rotatable bonds is 10. The molecule has 14 heteroatoms. The Hall–Kier alpha value is -3.93. The van der Waals surface area contributed by atoms with Crippen LogP contribution in [0.4, 0.5) is 15.4 Å². The summed E-state index contributed by atoms with van der Waals surface area (Å²) in [7, 11) is 1.50. The van der Waals surface area contributed by atoms with Gasteiger partial charge in [0.2, 0.25) is 5.91 Å². The quantitative estimate of drug-likeness (QED) is 0.218. The van der Waals surface area contributed by atoms with Crippen LogP contribution >= 0.6 is 34.8 Å². The van der Waals surface area contributed by atoms with Gasteiger partial charge in [0.1, 0.15) is 24.1 Å². The van der Waals surface area contributed by atoms with Crippen LogP contribution in [0.5, 0.6) is 5.75 Å². The Morgan fingerprint density at radius 2 is 1.69 bits per heavy atom. The van der Waals surface area contributed by atoms with E-state index in [9.17, 15) is 14.4 Å². The van der Waals surface area contributed by atoms with Crippen molar-refractivity contribution >= 4 is 58.7 Å². The van der Waals surface area contributed by atoms with Crippen molar-refractivity contribution in [1.82, 2.24) is 20.1 Å². The molecular weight excluding hydrogens is 753 g/mol. The lowest BCUT2D eigenvalue weighted by atomic mass is 9.80. The molecule has 3 aromatic rings. The first-order chi connectivity index (χ1) is 25.7. The standard InChI is InChI=1S/C40H48Cl3N5O6/c1-24-16-33(42)36(34(43)17-24)53-29-12-14-46(21-29)35-11-7-26(19-45-35)30-13-15-47(39(51)54-40(2,3)4)22-31(30)37(49)48(28-8-9-28)20-27-18-25(6-10-32(27)41)23-52-38(50)44-5/h6-7,10-11,16-19,28-31H,8-9,12-15,20-23H2,1-5H3,(H,44,50)/t29-,30-,31+/m1/s1. The number of nitrogens with zero attached hydrogens (tertiary/aromatic N) is 4. The smallest absolute Gasteiger partial charge is 0.410 e. The van der Waals surface area contributed by atoms with Crippen LogP contribution in [0.25, 0.3) is 0 Å². The van der Waals surface area contributed by atoms with E-state index in [4.69, 9.17) is 54.0 Å². The Kier molecular flexibility index (Phi) is 12.4. The molecule has 0 radical (unpaired) electrons. The molecule has 3 atom stereocenters. The zero-order valence-corrected chi connectivity index (χ0v) is 33.6. The van der Waals surface area contributed by atoms with Crippen molar-refractivity contribution in [3.05, 3.63) is 86.0 Å². The monoisotopic (exact) mass is 799 g/mol. The van der Waals surface area contributed by atoms with E-state index < -0.39 is 23.7 Å². The predicted molar refractivity (Wildman–Crippen MR) is 210 cm³/mol. The maximum atomic E-state index is 14.8. The molecule has 1 N–H and O–H groups in total. The number of ether oxygens (including phenoxy) is 3. The van der Waals surface area contributed by atoms with Gasteiger partial charge in [-0.2, -0.15) is 0 Å². The largest absolute Gasteiger partial charge is 0.485 e. The number of halogens is 3. The number of piperidine rings is 1. The molecule has 2 aliphatic heterocycles. The number of nitrogens with one attached hydrogen (secondary N) is 1. The number of anilines is 1. The molecule has 1 saturated carbocycles. The molecule has 54 heavy (non-hydrogen) atoms. The molecule has 0 unspecified atom stereocenters. The van der Waals surface area contributed by atoms with Crippen LogP contribution in [0.3, 0.4) is 0 Å². The second-order valence-corrected chi connectivity index (χ2v) is 16.6. The number of hydrogen-bond acceptors (Lipinski definition) is 8. The number of alkyl carbamates (subject to hydrolysis) is 1. The van der Waals surface area contributed by atoms with E-state index in [0.717, 1.165) is 53.9 Å². The fraction of sp³-hybridized carbons (Fsp3) is 0.500. The molecule has 1 aromatic heterocycles. The van der Waals surface area contributed by atoms with E-state index in [1.807, 2.05) is 69.1 Å². The summed E-state index contributed by atoms with van der Waals surface area (Å²) < 4.78 is 17.2. The zero-order chi connectivity index (χ0) is 38.7. The average Bonchev–Trinajstić information content (AvgIpc) is 3.87. The SMILES string of the molecule is CNC(=O)OCc1ccc(Cl)c(CN(C(=O)[C@H]2CN(C(=O)OC(C)(C)C)CC[C@@H]2c2ccc(N3CC[C@@H](Oc4c(Cl)cc(C)cc4Cl)C3)nc2)C2CC2)c1. The van der Waals surface area contributed by atoms with Gasteiger partial charge in [-0.1, -0.05) is 46.9 Å². The van der Waals surface area contributed by atoms with Gasteiger partial charge in [-0.25, -0.2) is 14.6 Å². The number of aromatic nitrogens is 1. The molecule has 1 aliphatic carbocycles. The number of hydrogen-bond donors (Lipinski definition) is 1. The van der Waals surface area contributed by atoms with Crippen LogP contribution in [0.2, 0.25) is 15.1 Å². The van der Waals surface area contributed by atoms with Crippen LogP contribution in [-0.2, 0) is 27.4 Å². The summed E-state index contributed by atoms with van der Waals surface area (Å²) in [6.07, 6.45) is 3.91. The molecular formula is C40H48Cl3N5O6. The molecule has 3 aliphatic rings. The maximum absolute atomic E-state index is 14.8. The van der Waals surface area contributed by atoms with E-state index in [2.05, 4.69) is 10.2 Å². The Bertz CT molecular complexity index is 1830. The highest BCUT2D eigenvalue weighted by molar-refractivity contribution is 6.37. The highest BCUT2D eigenvalue weighted by atomic mass is 35.5. The molecule has 2 aromatic carbocycles. The van der Waals surface area contributed by atoms with Gasteiger partial charge in [0.15, 0.2) is 5.75 Å². The van der Waals surface area contributed by atoms with E-state index >= 15 is 0 Å². The number of likely N-dealkylation sites (tertiary alicyclic amines) is 1. The summed E-state index contributed by atoms with van der Waals surface area (Å²) in [6, 6.07) is 13.2. The topological polar surface area (TPSA) is 114 Å². The third-order valence-corrected chi connectivity index (χ3v) is 10.9. The Labute approximate surface area is 332 Å². The summed E-state index contributed by atoms with van der Waals surface area (Å²) >= 11 is 19.6. The molecule has 3 fully saturated rings. The van der Waals surface area contributed by atoms with Gasteiger partial charge in [0, 0.05) is 62.8 Å². The lowest BCUT2D eigenvalue weighted by Crippen LogP contribution is -2.51. The number of carbonyl (C=O) groups is 3. The summed E-state index contributed by atoms with van der Waals surface area (Å²) in [5.41, 5.74) is 2.76. The normalized spacial score (nSPS) is 20.0. The molecule has 2 saturated heterocycles. The third-order valence-electron chi connectivity index (χ3n) is 9.97. The van der Waals surface area contributed by atoms with Gasteiger partial charge in [-0.3, -0.25) is 4.79 Å². The Morgan fingerprint density at radius 1 is 0.944 bits per heavy atom. The fourth-order valence-electron chi connectivity index (χ4n) is 7.13. The molecule has 3 amide bonds. The van der Waals surface area contributed by atoms with Gasteiger partial charge in [-0.15, -0.1) is 0 Å². The van der Waals surface area contributed by atoms with Crippen molar-refractivity contribution in [3.63, 3.8) is 0 Å².